The first-order chi connectivity index (χ1) is 13.9. The third-order valence-electron chi connectivity index (χ3n) is 5.40. The fraction of sp³-hybridized carbons (Fsp3) is 0.579. The standard InChI is InChI=1S/C19H26F3N3O4S/c1-3-30(28,29)16-10-14(23)7-8-15(16)25(2)17(26)11-24-18(27)12-5-4-6-13(9-12)19(20,21)22/h4-6,9,14-16H,3,7-8,10-11,23H2,1-2H3,(H,24,27)/t14-,15+,16-/m1/s1. The van der Waals surface area contributed by atoms with E-state index in [1.54, 1.807) is 0 Å². The van der Waals surface area contributed by atoms with Crippen molar-refractivity contribution in [3.63, 3.8) is 0 Å². The third-order valence-corrected chi connectivity index (χ3v) is 7.64. The van der Waals surface area contributed by atoms with Gasteiger partial charge in [-0.05, 0) is 37.5 Å². The van der Waals surface area contributed by atoms with E-state index in [-0.39, 0.29) is 23.8 Å². The van der Waals surface area contributed by atoms with Gasteiger partial charge in [-0.2, -0.15) is 13.2 Å². The van der Waals surface area contributed by atoms with Gasteiger partial charge in [-0.3, -0.25) is 9.59 Å². The molecule has 1 saturated carbocycles. The Morgan fingerprint density at radius 2 is 1.93 bits per heavy atom. The second kappa shape index (κ2) is 9.34. The molecule has 1 aliphatic rings. The Morgan fingerprint density at radius 1 is 1.27 bits per heavy atom. The highest BCUT2D eigenvalue weighted by Crippen LogP contribution is 2.30. The lowest BCUT2D eigenvalue weighted by Gasteiger charge is -2.39. The molecule has 1 fully saturated rings. The second-order valence-electron chi connectivity index (χ2n) is 7.40. The first kappa shape index (κ1) is 24.1. The molecule has 0 aliphatic heterocycles. The SMILES string of the molecule is CCS(=O)(=O)[C@@H]1C[C@H](N)CC[C@@H]1N(C)C(=O)CNC(=O)c1cccc(C(F)(F)F)c1. The Kier molecular flexibility index (Phi) is 7.51. The van der Waals surface area contributed by atoms with Crippen LogP contribution in [-0.4, -0.2) is 61.8 Å². The zero-order valence-electron chi connectivity index (χ0n) is 16.8. The molecule has 1 aromatic carbocycles. The Morgan fingerprint density at radius 3 is 2.53 bits per heavy atom. The summed E-state index contributed by atoms with van der Waals surface area (Å²) in [6, 6.07) is 3.03. The molecular weight excluding hydrogens is 423 g/mol. The highest BCUT2D eigenvalue weighted by atomic mass is 32.2. The normalized spacial score (nSPS) is 22.4. The molecule has 0 saturated heterocycles. The minimum Gasteiger partial charge on any atom is -0.343 e. The van der Waals surface area contributed by atoms with Crippen LogP contribution >= 0.6 is 0 Å². The number of alkyl halides is 3. The third kappa shape index (κ3) is 5.72. The van der Waals surface area contributed by atoms with Crippen LogP contribution in [0.25, 0.3) is 0 Å². The Balaban J connectivity index is 2.06. The average molecular weight is 449 g/mol. The molecule has 0 heterocycles. The van der Waals surface area contributed by atoms with E-state index in [0.29, 0.717) is 18.9 Å². The summed E-state index contributed by atoms with van der Waals surface area (Å²) in [6.45, 7) is 1.07. The topological polar surface area (TPSA) is 110 Å². The Bertz CT molecular complexity index is 889. The predicted molar refractivity (Wildman–Crippen MR) is 105 cm³/mol. The van der Waals surface area contributed by atoms with E-state index in [2.05, 4.69) is 5.32 Å². The summed E-state index contributed by atoms with van der Waals surface area (Å²) in [5.41, 5.74) is 4.72. The van der Waals surface area contributed by atoms with Crippen LogP contribution in [0.15, 0.2) is 24.3 Å². The fourth-order valence-corrected chi connectivity index (χ4v) is 5.36. The quantitative estimate of drug-likeness (QED) is 0.685. The van der Waals surface area contributed by atoms with Crippen molar-refractivity contribution >= 4 is 21.7 Å². The lowest BCUT2D eigenvalue weighted by molar-refractivity contribution is -0.137. The molecule has 1 aromatic rings. The van der Waals surface area contributed by atoms with Gasteiger partial charge in [0.25, 0.3) is 5.91 Å². The molecule has 3 atom stereocenters. The number of hydrogen-bond donors (Lipinski definition) is 2. The summed E-state index contributed by atoms with van der Waals surface area (Å²) in [5, 5.41) is 1.51. The molecule has 30 heavy (non-hydrogen) atoms. The lowest BCUT2D eigenvalue weighted by atomic mass is 9.90. The van der Waals surface area contributed by atoms with E-state index in [4.69, 9.17) is 5.73 Å². The molecule has 0 radical (unpaired) electrons. The van der Waals surface area contributed by atoms with Gasteiger partial charge in [-0.15, -0.1) is 0 Å². The Hall–Kier alpha value is -2.14. The number of carbonyl (C=O) groups excluding carboxylic acids is 2. The van der Waals surface area contributed by atoms with Gasteiger partial charge in [0.1, 0.15) is 0 Å². The largest absolute Gasteiger partial charge is 0.416 e. The van der Waals surface area contributed by atoms with E-state index in [1.807, 2.05) is 0 Å². The van der Waals surface area contributed by atoms with Crippen molar-refractivity contribution in [2.45, 2.75) is 49.7 Å². The van der Waals surface area contributed by atoms with Crippen molar-refractivity contribution in [2.75, 3.05) is 19.3 Å². The molecule has 0 unspecified atom stereocenters. The number of amides is 2. The van der Waals surface area contributed by atoms with Crippen molar-refractivity contribution in [1.29, 1.82) is 0 Å². The number of benzene rings is 1. The number of likely N-dealkylation sites (N-methyl/N-ethyl adjacent to an activating group) is 1. The van der Waals surface area contributed by atoms with Gasteiger partial charge >= 0.3 is 6.18 Å². The summed E-state index contributed by atoms with van der Waals surface area (Å²) < 4.78 is 63.3. The predicted octanol–water partition coefficient (Wildman–Crippen LogP) is 1.58. The summed E-state index contributed by atoms with van der Waals surface area (Å²) in [5.74, 6) is -1.44. The van der Waals surface area contributed by atoms with Gasteiger partial charge in [-0.1, -0.05) is 13.0 Å². The molecule has 2 amide bonds. The van der Waals surface area contributed by atoms with Crippen molar-refractivity contribution < 1.29 is 31.2 Å². The molecular formula is C19H26F3N3O4S. The number of rotatable bonds is 6. The number of nitrogens with one attached hydrogen (secondary N) is 1. The van der Waals surface area contributed by atoms with Gasteiger partial charge in [0, 0.05) is 30.4 Å². The smallest absolute Gasteiger partial charge is 0.343 e. The maximum Gasteiger partial charge on any atom is 0.416 e. The van der Waals surface area contributed by atoms with E-state index in [0.717, 1.165) is 12.1 Å². The molecule has 0 spiro atoms. The second-order valence-corrected chi connectivity index (χ2v) is 9.90. The minimum atomic E-state index is -4.59. The van der Waals surface area contributed by atoms with E-state index in [9.17, 15) is 31.2 Å². The number of sulfone groups is 1. The highest BCUT2D eigenvalue weighted by molar-refractivity contribution is 7.92. The monoisotopic (exact) mass is 449 g/mol. The van der Waals surface area contributed by atoms with Crippen LogP contribution in [0, 0.1) is 0 Å². The van der Waals surface area contributed by atoms with Crippen molar-refractivity contribution in [3.8, 4) is 0 Å². The summed E-state index contributed by atoms with van der Waals surface area (Å²) in [6.07, 6.45) is -3.37. The Labute approximate surface area is 173 Å². The zero-order chi connectivity index (χ0) is 22.7. The fourth-order valence-electron chi connectivity index (χ4n) is 3.59. The molecule has 7 nitrogen and oxygen atoms in total. The van der Waals surface area contributed by atoms with E-state index < -0.39 is 51.2 Å². The summed E-state index contributed by atoms with van der Waals surface area (Å²) >= 11 is 0. The molecule has 11 heteroatoms. The molecule has 1 aliphatic carbocycles. The van der Waals surface area contributed by atoms with E-state index >= 15 is 0 Å². The first-order valence-electron chi connectivity index (χ1n) is 9.55. The lowest BCUT2D eigenvalue weighted by Crippen LogP contribution is -2.55. The summed E-state index contributed by atoms with van der Waals surface area (Å²) in [7, 11) is -1.99. The maximum atomic E-state index is 12.8. The van der Waals surface area contributed by atoms with Crippen molar-refractivity contribution in [1.82, 2.24) is 10.2 Å². The van der Waals surface area contributed by atoms with Crippen LogP contribution < -0.4 is 11.1 Å². The molecule has 2 rings (SSSR count). The molecule has 168 valence electrons. The van der Waals surface area contributed by atoms with Crippen LogP contribution in [0.2, 0.25) is 0 Å². The first-order valence-corrected chi connectivity index (χ1v) is 11.3. The number of hydrogen-bond acceptors (Lipinski definition) is 5. The van der Waals surface area contributed by atoms with Crippen LogP contribution in [0.4, 0.5) is 13.2 Å². The van der Waals surface area contributed by atoms with Crippen LogP contribution in [-0.2, 0) is 20.8 Å². The summed E-state index contributed by atoms with van der Waals surface area (Å²) in [4.78, 5) is 26.0. The van der Waals surface area contributed by atoms with E-state index in [1.165, 1.54) is 24.9 Å². The van der Waals surface area contributed by atoms with Crippen molar-refractivity contribution in [2.24, 2.45) is 5.73 Å². The number of halogens is 3. The molecule has 0 bridgehead atoms. The van der Waals surface area contributed by atoms with Crippen LogP contribution in [0.5, 0.6) is 0 Å². The zero-order valence-corrected chi connectivity index (χ0v) is 17.6. The van der Waals surface area contributed by atoms with Gasteiger partial charge in [0.05, 0.1) is 17.4 Å². The highest BCUT2D eigenvalue weighted by Gasteiger charge is 2.40. The van der Waals surface area contributed by atoms with Gasteiger partial charge in [0.15, 0.2) is 9.84 Å². The minimum absolute atomic E-state index is 0.0742. The van der Waals surface area contributed by atoms with Gasteiger partial charge in [-0.25, -0.2) is 8.42 Å². The maximum absolute atomic E-state index is 12.8. The molecule has 3 N–H and O–H groups in total. The van der Waals surface area contributed by atoms with Crippen LogP contribution in [0.3, 0.4) is 0 Å². The average Bonchev–Trinajstić information content (AvgIpc) is 2.70. The van der Waals surface area contributed by atoms with Crippen molar-refractivity contribution in [3.05, 3.63) is 35.4 Å². The molecule has 0 aromatic heterocycles. The number of nitrogens with zero attached hydrogens (tertiary/aromatic N) is 1. The van der Waals surface area contributed by atoms with Gasteiger partial charge < -0.3 is 16.0 Å². The van der Waals surface area contributed by atoms with Crippen LogP contribution in [0.1, 0.15) is 42.1 Å². The van der Waals surface area contributed by atoms with Gasteiger partial charge in [0.2, 0.25) is 5.91 Å². The number of nitrogens with two attached hydrogens (primary N) is 1. The number of carbonyl (C=O) groups is 2.